The largest absolute Gasteiger partial charge is 0.495 e. The first-order valence-electron chi connectivity index (χ1n) is 11.7. The van der Waals surface area contributed by atoms with Crippen molar-refractivity contribution in [3.63, 3.8) is 0 Å². The summed E-state index contributed by atoms with van der Waals surface area (Å²) < 4.78 is 33.3. The number of rotatable bonds is 7. The molecule has 2 fully saturated rings. The minimum atomic E-state index is -3.65. The van der Waals surface area contributed by atoms with Crippen LogP contribution in [0.4, 0.5) is 0 Å². The second kappa shape index (κ2) is 11.1. The lowest BCUT2D eigenvalue weighted by Gasteiger charge is -2.34. The van der Waals surface area contributed by atoms with Crippen LogP contribution in [-0.2, 0) is 21.4 Å². The second-order valence-corrected chi connectivity index (χ2v) is 10.6. The van der Waals surface area contributed by atoms with Crippen LogP contribution in [0, 0.1) is 0 Å². The van der Waals surface area contributed by atoms with Gasteiger partial charge in [0.2, 0.25) is 15.9 Å². The highest BCUT2D eigenvalue weighted by molar-refractivity contribution is 7.89. The average Bonchev–Trinajstić information content (AvgIpc) is 2.88. The van der Waals surface area contributed by atoms with Crippen LogP contribution in [0.3, 0.4) is 0 Å². The van der Waals surface area contributed by atoms with Crippen molar-refractivity contribution in [1.29, 1.82) is 0 Å². The number of benzene rings is 1. The van der Waals surface area contributed by atoms with E-state index in [0.717, 1.165) is 38.9 Å². The summed E-state index contributed by atoms with van der Waals surface area (Å²) in [7, 11) is -2.18. The molecular weight excluding hydrogens is 452 g/mol. The summed E-state index contributed by atoms with van der Waals surface area (Å²) in [6, 6.07) is 9.03. The third kappa shape index (κ3) is 5.84. The van der Waals surface area contributed by atoms with Crippen LogP contribution >= 0.6 is 0 Å². The number of hydrogen-bond donors (Lipinski definition) is 0. The van der Waals surface area contributed by atoms with E-state index >= 15 is 0 Å². The SMILES string of the molecule is COc1ccc(/C=C/C(=O)N2CCN(Cc3ccncc3)CC2)cc1S(=O)(=O)N1CCCCC1. The fraction of sp³-hybridized carbons (Fsp3) is 0.440. The molecule has 2 saturated heterocycles. The second-order valence-electron chi connectivity index (χ2n) is 8.67. The van der Waals surface area contributed by atoms with Gasteiger partial charge < -0.3 is 9.64 Å². The highest BCUT2D eigenvalue weighted by Gasteiger charge is 2.29. The first-order chi connectivity index (χ1) is 16.5. The summed E-state index contributed by atoms with van der Waals surface area (Å²) in [4.78, 5) is 21.1. The number of piperazine rings is 1. The van der Waals surface area contributed by atoms with Gasteiger partial charge in [-0.2, -0.15) is 4.31 Å². The molecule has 9 heteroatoms. The predicted molar refractivity (Wildman–Crippen MR) is 131 cm³/mol. The van der Waals surface area contributed by atoms with Gasteiger partial charge in [0.25, 0.3) is 0 Å². The summed E-state index contributed by atoms with van der Waals surface area (Å²) in [6.45, 7) is 4.83. The molecule has 0 spiro atoms. The molecule has 0 N–H and O–H groups in total. The van der Waals surface area contributed by atoms with E-state index in [1.165, 1.54) is 23.1 Å². The molecule has 0 saturated carbocycles. The molecule has 0 unspecified atom stereocenters. The Labute approximate surface area is 201 Å². The number of amides is 1. The summed E-state index contributed by atoms with van der Waals surface area (Å²) in [5.41, 5.74) is 1.87. The molecule has 0 radical (unpaired) electrons. The third-order valence-electron chi connectivity index (χ3n) is 6.38. The zero-order chi connectivity index (χ0) is 24.0. The lowest BCUT2D eigenvalue weighted by molar-refractivity contribution is -0.127. The zero-order valence-corrected chi connectivity index (χ0v) is 20.4. The average molecular weight is 485 g/mol. The smallest absolute Gasteiger partial charge is 0.246 e. The van der Waals surface area contributed by atoms with E-state index < -0.39 is 10.0 Å². The fourth-order valence-electron chi connectivity index (χ4n) is 4.39. The van der Waals surface area contributed by atoms with E-state index in [9.17, 15) is 13.2 Å². The number of pyridine rings is 1. The topological polar surface area (TPSA) is 83.0 Å². The van der Waals surface area contributed by atoms with E-state index in [0.29, 0.717) is 37.5 Å². The number of aromatic nitrogens is 1. The highest BCUT2D eigenvalue weighted by Crippen LogP contribution is 2.30. The van der Waals surface area contributed by atoms with Crippen molar-refractivity contribution in [2.75, 3.05) is 46.4 Å². The quantitative estimate of drug-likeness (QED) is 0.562. The zero-order valence-electron chi connectivity index (χ0n) is 19.6. The van der Waals surface area contributed by atoms with Crippen LogP contribution < -0.4 is 4.74 Å². The number of sulfonamides is 1. The van der Waals surface area contributed by atoms with Gasteiger partial charge in [-0.3, -0.25) is 14.7 Å². The number of carbonyl (C=O) groups excluding carboxylic acids is 1. The predicted octanol–water partition coefficient (Wildman–Crippen LogP) is 2.62. The van der Waals surface area contributed by atoms with E-state index in [-0.39, 0.29) is 10.8 Å². The standard InChI is InChI=1S/C25H32N4O4S/c1-33-23-7-5-21(19-24(23)34(31,32)29-13-3-2-4-14-29)6-8-25(30)28-17-15-27(16-18-28)20-22-9-11-26-12-10-22/h5-12,19H,2-4,13-18,20H2,1H3/b8-6+. The Morgan fingerprint density at radius 1 is 1.00 bits per heavy atom. The van der Waals surface area contributed by atoms with Gasteiger partial charge in [0.05, 0.1) is 7.11 Å². The van der Waals surface area contributed by atoms with E-state index in [1.54, 1.807) is 36.7 Å². The first-order valence-corrected chi connectivity index (χ1v) is 13.2. The number of hydrogen-bond acceptors (Lipinski definition) is 6. The van der Waals surface area contributed by atoms with Gasteiger partial charge in [0.1, 0.15) is 10.6 Å². The monoisotopic (exact) mass is 484 g/mol. The molecule has 4 rings (SSSR count). The van der Waals surface area contributed by atoms with Crippen molar-refractivity contribution in [3.8, 4) is 5.75 Å². The molecule has 2 aliphatic heterocycles. The van der Waals surface area contributed by atoms with Gasteiger partial charge in [0.15, 0.2) is 0 Å². The maximum Gasteiger partial charge on any atom is 0.246 e. The number of methoxy groups -OCH3 is 1. The highest BCUT2D eigenvalue weighted by atomic mass is 32.2. The normalized spacial score (nSPS) is 18.3. The third-order valence-corrected chi connectivity index (χ3v) is 8.30. The molecule has 0 atom stereocenters. The molecule has 1 aromatic carbocycles. The molecule has 2 aliphatic rings. The summed E-state index contributed by atoms with van der Waals surface area (Å²) in [6.07, 6.45) is 9.57. The van der Waals surface area contributed by atoms with Gasteiger partial charge in [-0.05, 0) is 54.3 Å². The molecule has 0 aliphatic carbocycles. The Bertz CT molecular complexity index is 1110. The number of ether oxygens (including phenoxy) is 1. The van der Waals surface area contributed by atoms with E-state index in [1.807, 2.05) is 17.0 Å². The Kier molecular flexibility index (Phi) is 7.97. The summed E-state index contributed by atoms with van der Waals surface area (Å²) in [5.74, 6) is 0.249. The minimum Gasteiger partial charge on any atom is -0.495 e. The lowest BCUT2D eigenvalue weighted by Crippen LogP contribution is -2.47. The minimum absolute atomic E-state index is 0.0696. The van der Waals surface area contributed by atoms with Crippen LogP contribution in [0.15, 0.2) is 53.7 Å². The first kappa shape index (κ1) is 24.4. The van der Waals surface area contributed by atoms with Crippen LogP contribution in [0.2, 0.25) is 0 Å². The van der Waals surface area contributed by atoms with Gasteiger partial charge in [-0.25, -0.2) is 8.42 Å². The summed E-state index contributed by atoms with van der Waals surface area (Å²) >= 11 is 0. The van der Waals surface area contributed by atoms with Crippen molar-refractivity contribution in [2.24, 2.45) is 0 Å². The number of carbonyl (C=O) groups is 1. The fourth-order valence-corrected chi connectivity index (χ4v) is 6.10. The molecule has 2 aromatic rings. The Morgan fingerprint density at radius 2 is 1.71 bits per heavy atom. The Balaban J connectivity index is 1.39. The molecular formula is C25H32N4O4S. The lowest BCUT2D eigenvalue weighted by atomic mass is 10.2. The van der Waals surface area contributed by atoms with Crippen LogP contribution in [0.25, 0.3) is 6.08 Å². The summed E-state index contributed by atoms with van der Waals surface area (Å²) in [5, 5.41) is 0. The van der Waals surface area contributed by atoms with E-state index in [2.05, 4.69) is 9.88 Å². The van der Waals surface area contributed by atoms with Crippen LogP contribution in [0.5, 0.6) is 5.75 Å². The van der Waals surface area contributed by atoms with Crippen LogP contribution in [-0.4, -0.2) is 79.8 Å². The molecule has 1 amide bonds. The van der Waals surface area contributed by atoms with E-state index in [4.69, 9.17) is 4.74 Å². The van der Waals surface area contributed by atoms with Crippen molar-refractivity contribution >= 4 is 22.0 Å². The van der Waals surface area contributed by atoms with Crippen molar-refractivity contribution in [1.82, 2.24) is 19.1 Å². The van der Waals surface area contributed by atoms with Gasteiger partial charge in [-0.1, -0.05) is 12.5 Å². The van der Waals surface area contributed by atoms with Crippen LogP contribution in [0.1, 0.15) is 30.4 Å². The van der Waals surface area contributed by atoms with Gasteiger partial charge in [-0.15, -0.1) is 0 Å². The van der Waals surface area contributed by atoms with Gasteiger partial charge >= 0.3 is 0 Å². The maximum atomic E-state index is 13.2. The molecule has 182 valence electrons. The maximum absolute atomic E-state index is 13.2. The Hall–Kier alpha value is -2.75. The number of piperidine rings is 1. The van der Waals surface area contributed by atoms with Gasteiger partial charge in [0, 0.05) is 64.3 Å². The van der Waals surface area contributed by atoms with Crippen molar-refractivity contribution in [3.05, 3.63) is 59.9 Å². The molecule has 3 heterocycles. The molecule has 0 bridgehead atoms. The molecule has 1 aromatic heterocycles. The van der Waals surface area contributed by atoms with Crippen molar-refractivity contribution < 1.29 is 17.9 Å². The Morgan fingerprint density at radius 3 is 2.38 bits per heavy atom. The molecule has 34 heavy (non-hydrogen) atoms. The molecule has 8 nitrogen and oxygen atoms in total. The number of nitrogens with zero attached hydrogens (tertiary/aromatic N) is 4. The van der Waals surface area contributed by atoms with Crippen molar-refractivity contribution in [2.45, 2.75) is 30.7 Å².